The molecule has 5 heteroatoms. The van der Waals surface area contributed by atoms with Crippen molar-refractivity contribution in [3.8, 4) is 0 Å². The molecule has 1 atom stereocenters. The van der Waals surface area contributed by atoms with Gasteiger partial charge in [0, 0.05) is 0 Å². The predicted molar refractivity (Wildman–Crippen MR) is 87.7 cm³/mol. The summed E-state index contributed by atoms with van der Waals surface area (Å²) in [5.74, 6) is 1.06. The lowest BCUT2D eigenvalue weighted by molar-refractivity contribution is -0.0101. The third kappa shape index (κ3) is 3.31. The fourth-order valence-electron chi connectivity index (χ4n) is 3.50. The summed E-state index contributed by atoms with van der Waals surface area (Å²) in [6, 6.07) is 9.76. The second-order valence-corrected chi connectivity index (χ2v) is 6.72. The molecule has 0 aliphatic heterocycles. The first-order valence-corrected chi connectivity index (χ1v) is 8.36. The molecule has 1 unspecified atom stereocenters. The zero-order chi connectivity index (χ0) is 16.3. The van der Waals surface area contributed by atoms with Crippen LogP contribution >= 0.6 is 0 Å². The molecular weight excluding hydrogens is 290 g/mol. The van der Waals surface area contributed by atoms with Gasteiger partial charge in [0.15, 0.2) is 5.60 Å². The molecule has 0 saturated heterocycles. The van der Waals surface area contributed by atoms with Crippen molar-refractivity contribution in [3.63, 3.8) is 0 Å². The van der Waals surface area contributed by atoms with Crippen molar-refractivity contribution in [1.29, 1.82) is 0 Å². The van der Waals surface area contributed by atoms with E-state index in [0.29, 0.717) is 18.3 Å². The SMILES string of the molecule is CN(C)Cc1nc(C(O)(c2ccccc2)C2CCCCC2)no1. The van der Waals surface area contributed by atoms with Gasteiger partial charge in [-0.25, -0.2) is 0 Å². The van der Waals surface area contributed by atoms with E-state index in [0.717, 1.165) is 31.2 Å². The van der Waals surface area contributed by atoms with Gasteiger partial charge >= 0.3 is 0 Å². The Bertz CT molecular complexity index is 620. The minimum atomic E-state index is -1.17. The third-order valence-corrected chi connectivity index (χ3v) is 4.67. The van der Waals surface area contributed by atoms with Crippen molar-refractivity contribution in [2.24, 2.45) is 5.92 Å². The Morgan fingerprint density at radius 3 is 2.52 bits per heavy atom. The van der Waals surface area contributed by atoms with Crippen LogP contribution in [0.4, 0.5) is 0 Å². The summed E-state index contributed by atoms with van der Waals surface area (Å²) in [5.41, 5.74) is -0.320. The molecule has 124 valence electrons. The van der Waals surface area contributed by atoms with Gasteiger partial charge in [-0.15, -0.1) is 0 Å². The quantitative estimate of drug-likeness (QED) is 0.919. The lowest BCUT2D eigenvalue weighted by atomic mass is 9.73. The second-order valence-electron chi connectivity index (χ2n) is 6.72. The van der Waals surface area contributed by atoms with Crippen molar-refractivity contribution in [3.05, 3.63) is 47.6 Å². The minimum Gasteiger partial charge on any atom is -0.377 e. The monoisotopic (exact) mass is 315 g/mol. The summed E-state index contributed by atoms with van der Waals surface area (Å²) in [6.07, 6.45) is 5.50. The van der Waals surface area contributed by atoms with E-state index < -0.39 is 5.60 Å². The van der Waals surface area contributed by atoms with Crippen LogP contribution < -0.4 is 0 Å². The number of nitrogens with zero attached hydrogens (tertiary/aromatic N) is 3. The van der Waals surface area contributed by atoms with Gasteiger partial charge in [-0.2, -0.15) is 4.98 Å². The zero-order valence-electron chi connectivity index (χ0n) is 13.9. The zero-order valence-corrected chi connectivity index (χ0v) is 13.9. The first-order valence-electron chi connectivity index (χ1n) is 8.36. The summed E-state index contributed by atoms with van der Waals surface area (Å²) >= 11 is 0. The first-order chi connectivity index (χ1) is 11.1. The summed E-state index contributed by atoms with van der Waals surface area (Å²) in [5, 5.41) is 15.8. The first kappa shape index (κ1) is 16.1. The fraction of sp³-hybridized carbons (Fsp3) is 0.556. The van der Waals surface area contributed by atoms with Gasteiger partial charge in [-0.05, 0) is 38.4 Å². The topological polar surface area (TPSA) is 62.4 Å². The Morgan fingerprint density at radius 2 is 1.87 bits per heavy atom. The van der Waals surface area contributed by atoms with Crippen LogP contribution in [0.1, 0.15) is 49.4 Å². The van der Waals surface area contributed by atoms with Crippen LogP contribution in [0, 0.1) is 5.92 Å². The van der Waals surface area contributed by atoms with E-state index >= 15 is 0 Å². The van der Waals surface area contributed by atoms with E-state index in [1.54, 1.807) is 0 Å². The smallest absolute Gasteiger partial charge is 0.240 e. The van der Waals surface area contributed by atoms with Gasteiger partial charge < -0.3 is 14.5 Å². The highest BCUT2D eigenvalue weighted by atomic mass is 16.5. The molecule has 1 aromatic heterocycles. The molecule has 1 aliphatic rings. The molecule has 5 nitrogen and oxygen atoms in total. The van der Waals surface area contributed by atoms with Crippen LogP contribution in [0.2, 0.25) is 0 Å². The highest BCUT2D eigenvalue weighted by molar-refractivity contribution is 5.30. The van der Waals surface area contributed by atoms with Gasteiger partial charge in [-0.3, -0.25) is 0 Å². The van der Waals surface area contributed by atoms with E-state index in [4.69, 9.17) is 4.52 Å². The average molecular weight is 315 g/mol. The molecule has 3 rings (SSSR count). The summed E-state index contributed by atoms with van der Waals surface area (Å²) in [6.45, 7) is 0.572. The average Bonchev–Trinajstić information content (AvgIpc) is 3.04. The molecule has 1 heterocycles. The van der Waals surface area contributed by atoms with Crippen molar-refractivity contribution in [1.82, 2.24) is 15.0 Å². The van der Waals surface area contributed by atoms with E-state index in [1.807, 2.05) is 49.3 Å². The number of aliphatic hydroxyl groups is 1. The lowest BCUT2D eigenvalue weighted by Gasteiger charge is -2.36. The molecule has 1 aliphatic carbocycles. The summed E-state index contributed by atoms with van der Waals surface area (Å²) in [7, 11) is 3.91. The number of aromatic nitrogens is 2. The van der Waals surface area contributed by atoms with Gasteiger partial charge in [0.1, 0.15) is 0 Å². The van der Waals surface area contributed by atoms with E-state index in [9.17, 15) is 5.11 Å². The van der Waals surface area contributed by atoms with Crippen LogP contribution in [0.5, 0.6) is 0 Å². The van der Waals surface area contributed by atoms with Crippen molar-refractivity contribution >= 4 is 0 Å². The Morgan fingerprint density at radius 1 is 1.17 bits per heavy atom. The molecule has 0 amide bonds. The van der Waals surface area contributed by atoms with E-state index in [-0.39, 0.29) is 5.92 Å². The van der Waals surface area contributed by atoms with Crippen molar-refractivity contribution in [2.45, 2.75) is 44.2 Å². The number of hydrogen-bond acceptors (Lipinski definition) is 5. The lowest BCUT2D eigenvalue weighted by Crippen LogP contribution is -2.38. The Labute approximate surface area is 137 Å². The Hall–Kier alpha value is -1.72. The van der Waals surface area contributed by atoms with Gasteiger partial charge in [0.25, 0.3) is 0 Å². The maximum Gasteiger partial charge on any atom is 0.240 e. The van der Waals surface area contributed by atoms with Crippen LogP contribution in [0.25, 0.3) is 0 Å². The second kappa shape index (κ2) is 6.81. The van der Waals surface area contributed by atoms with E-state index in [1.165, 1.54) is 6.42 Å². The molecular formula is C18H25N3O2. The molecule has 1 fully saturated rings. The summed E-state index contributed by atoms with van der Waals surface area (Å²) < 4.78 is 5.37. The summed E-state index contributed by atoms with van der Waals surface area (Å²) in [4.78, 5) is 6.48. The molecule has 0 bridgehead atoms. The fourth-order valence-corrected chi connectivity index (χ4v) is 3.50. The van der Waals surface area contributed by atoms with Crippen LogP contribution in [-0.4, -0.2) is 34.2 Å². The molecule has 1 aromatic carbocycles. The third-order valence-electron chi connectivity index (χ3n) is 4.67. The standard InChI is InChI=1S/C18H25N3O2/c1-21(2)13-16-19-17(20-23-16)18(22,14-9-5-3-6-10-14)15-11-7-4-8-12-15/h3,5-6,9-10,15,22H,4,7-8,11-13H2,1-2H3. The predicted octanol–water partition coefficient (Wildman–Crippen LogP) is 2.95. The molecule has 23 heavy (non-hydrogen) atoms. The Balaban J connectivity index is 1.99. The van der Waals surface area contributed by atoms with Crippen molar-refractivity contribution < 1.29 is 9.63 Å². The maximum atomic E-state index is 11.6. The maximum absolute atomic E-state index is 11.6. The highest BCUT2D eigenvalue weighted by Crippen LogP contribution is 2.42. The van der Waals surface area contributed by atoms with Gasteiger partial charge in [0.2, 0.25) is 11.7 Å². The minimum absolute atomic E-state index is 0.128. The molecule has 1 saturated carbocycles. The van der Waals surface area contributed by atoms with Crippen LogP contribution in [0.15, 0.2) is 34.9 Å². The molecule has 0 radical (unpaired) electrons. The molecule has 2 aromatic rings. The van der Waals surface area contributed by atoms with Gasteiger partial charge in [0.05, 0.1) is 6.54 Å². The Kier molecular flexibility index (Phi) is 4.78. The number of benzene rings is 1. The molecule has 0 spiro atoms. The van der Waals surface area contributed by atoms with E-state index in [2.05, 4.69) is 10.1 Å². The number of hydrogen-bond donors (Lipinski definition) is 1. The number of rotatable bonds is 5. The van der Waals surface area contributed by atoms with Gasteiger partial charge in [-0.1, -0.05) is 54.8 Å². The normalized spacial score (nSPS) is 19.0. The van der Waals surface area contributed by atoms with Crippen LogP contribution in [-0.2, 0) is 12.1 Å². The van der Waals surface area contributed by atoms with Crippen LogP contribution in [0.3, 0.4) is 0 Å². The largest absolute Gasteiger partial charge is 0.377 e. The highest BCUT2D eigenvalue weighted by Gasteiger charge is 2.44. The van der Waals surface area contributed by atoms with Crippen molar-refractivity contribution in [2.75, 3.05) is 14.1 Å². The molecule has 1 N–H and O–H groups in total.